The van der Waals surface area contributed by atoms with Gasteiger partial charge in [0.15, 0.2) is 0 Å². The smallest absolute Gasteiger partial charge is 0.300 e. The van der Waals surface area contributed by atoms with Gasteiger partial charge >= 0.3 is 0 Å². The number of pyridine rings is 1. The monoisotopic (exact) mass is 510 g/mol. The van der Waals surface area contributed by atoms with Gasteiger partial charge in [0, 0.05) is 18.1 Å². The van der Waals surface area contributed by atoms with Gasteiger partial charge in [-0.2, -0.15) is 0 Å². The summed E-state index contributed by atoms with van der Waals surface area (Å²) in [5.41, 5.74) is 1.68. The van der Waals surface area contributed by atoms with Crippen LogP contribution in [-0.2, 0) is 16.2 Å². The van der Waals surface area contributed by atoms with Crippen LogP contribution in [-0.4, -0.2) is 28.9 Å². The molecule has 1 amide bonds. The molecule has 5 rings (SSSR count). The van der Waals surface area contributed by atoms with Crippen molar-refractivity contribution in [1.82, 2.24) is 4.98 Å². The molecule has 190 valence electrons. The number of carbonyl (C=O) groups is 2. The van der Waals surface area contributed by atoms with E-state index in [2.05, 4.69) is 4.98 Å². The van der Waals surface area contributed by atoms with Crippen LogP contribution in [0.25, 0.3) is 5.76 Å². The van der Waals surface area contributed by atoms with Crippen molar-refractivity contribution in [1.29, 1.82) is 0 Å². The largest absolute Gasteiger partial charge is 0.507 e. The Morgan fingerprint density at radius 1 is 1.00 bits per heavy atom. The van der Waals surface area contributed by atoms with Gasteiger partial charge in [-0.25, -0.2) is 4.39 Å². The number of nitrogens with zero attached hydrogens (tertiary/aromatic N) is 2. The number of ketones is 1. The third-order valence-electron chi connectivity index (χ3n) is 6.22. The van der Waals surface area contributed by atoms with Crippen LogP contribution in [0.3, 0.4) is 0 Å². The van der Waals surface area contributed by atoms with E-state index in [1.807, 2.05) is 30.3 Å². The van der Waals surface area contributed by atoms with E-state index in [1.54, 1.807) is 42.6 Å². The summed E-state index contributed by atoms with van der Waals surface area (Å²) in [6, 6.07) is 22.3. The average molecular weight is 511 g/mol. The second kappa shape index (κ2) is 10.6. The van der Waals surface area contributed by atoms with Gasteiger partial charge in [0.2, 0.25) is 0 Å². The zero-order chi connectivity index (χ0) is 26.6. The fraction of sp³-hybridized carbons (Fsp3) is 0.100. The highest BCUT2D eigenvalue weighted by Gasteiger charge is 2.47. The number of hydrogen-bond acceptors (Lipinski definition) is 6. The van der Waals surface area contributed by atoms with Gasteiger partial charge in [-0.3, -0.25) is 19.5 Å². The van der Waals surface area contributed by atoms with E-state index in [0.717, 1.165) is 11.6 Å². The van der Waals surface area contributed by atoms with Crippen LogP contribution >= 0.6 is 0 Å². The standard InChI is InChI=1S/C30H23FN2O5/c1-37-25-14-9-21(31)16-24(25)28(34)26-27(20-8-5-15-32-17-20)33(30(36)29(26)35)22-10-12-23(13-11-22)38-18-19-6-3-2-4-7-19/h2-17,27,34H,18H2,1H3/b28-26+. The quantitative estimate of drug-likeness (QED) is 0.203. The number of aliphatic hydroxyl groups excluding tert-OH is 1. The van der Waals surface area contributed by atoms with Crippen molar-refractivity contribution in [3.8, 4) is 11.5 Å². The summed E-state index contributed by atoms with van der Waals surface area (Å²) in [6.07, 6.45) is 3.07. The third-order valence-corrected chi connectivity index (χ3v) is 6.22. The van der Waals surface area contributed by atoms with Crippen LogP contribution in [0.4, 0.5) is 10.1 Å². The highest BCUT2D eigenvalue weighted by molar-refractivity contribution is 6.51. The lowest BCUT2D eigenvalue weighted by molar-refractivity contribution is -0.132. The fourth-order valence-electron chi connectivity index (χ4n) is 4.41. The van der Waals surface area contributed by atoms with E-state index in [-0.39, 0.29) is 16.9 Å². The van der Waals surface area contributed by atoms with Gasteiger partial charge in [0.1, 0.15) is 29.7 Å². The Bertz CT molecular complexity index is 1510. The number of aromatic nitrogens is 1. The van der Waals surface area contributed by atoms with Crippen LogP contribution < -0.4 is 14.4 Å². The Kier molecular flexibility index (Phi) is 6.86. The lowest BCUT2D eigenvalue weighted by Crippen LogP contribution is -2.29. The molecule has 1 atom stereocenters. The third kappa shape index (κ3) is 4.71. The molecule has 7 nitrogen and oxygen atoms in total. The summed E-state index contributed by atoms with van der Waals surface area (Å²) in [6.45, 7) is 0.371. The second-order valence-electron chi connectivity index (χ2n) is 8.57. The molecule has 0 bridgehead atoms. The van der Waals surface area contributed by atoms with Gasteiger partial charge in [0.05, 0.1) is 24.3 Å². The Hall–Kier alpha value is -4.98. The molecule has 1 aliphatic rings. The molecule has 1 aliphatic heterocycles. The lowest BCUT2D eigenvalue weighted by atomic mass is 9.95. The summed E-state index contributed by atoms with van der Waals surface area (Å²) in [7, 11) is 1.36. The number of halogens is 1. The Morgan fingerprint density at radius 3 is 2.45 bits per heavy atom. The first-order chi connectivity index (χ1) is 18.5. The van der Waals surface area contributed by atoms with Gasteiger partial charge in [-0.1, -0.05) is 36.4 Å². The Balaban J connectivity index is 1.55. The number of anilines is 1. The Morgan fingerprint density at radius 2 is 1.76 bits per heavy atom. The molecule has 1 fully saturated rings. The minimum absolute atomic E-state index is 0.0379. The van der Waals surface area contributed by atoms with Crippen molar-refractivity contribution in [2.24, 2.45) is 0 Å². The van der Waals surface area contributed by atoms with Crippen LogP contribution in [0, 0.1) is 5.82 Å². The molecule has 0 aliphatic carbocycles. The van der Waals surface area contributed by atoms with Crippen LogP contribution in [0.1, 0.15) is 22.7 Å². The first-order valence-corrected chi connectivity index (χ1v) is 11.8. The molecular weight excluding hydrogens is 487 g/mol. The van der Waals surface area contributed by atoms with Crippen molar-refractivity contribution in [2.45, 2.75) is 12.6 Å². The minimum Gasteiger partial charge on any atom is -0.507 e. The van der Waals surface area contributed by atoms with Gasteiger partial charge in [-0.05, 0) is 59.7 Å². The molecule has 0 spiro atoms. The molecule has 4 aromatic rings. The van der Waals surface area contributed by atoms with E-state index >= 15 is 0 Å². The molecule has 8 heteroatoms. The normalized spacial score (nSPS) is 16.5. The van der Waals surface area contributed by atoms with Crippen LogP contribution in [0.2, 0.25) is 0 Å². The van der Waals surface area contributed by atoms with Crippen molar-refractivity contribution in [3.63, 3.8) is 0 Å². The van der Waals surface area contributed by atoms with Crippen LogP contribution in [0.5, 0.6) is 11.5 Å². The predicted molar refractivity (Wildman–Crippen MR) is 139 cm³/mol. The van der Waals surface area contributed by atoms with Crippen molar-refractivity contribution < 1.29 is 28.6 Å². The number of amides is 1. The van der Waals surface area contributed by atoms with E-state index < -0.39 is 29.3 Å². The van der Waals surface area contributed by atoms with Crippen molar-refractivity contribution >= 4 is 23.1 Å². The number of Topliss-reactive ketones (excluding diaryl/α,β-unsaturated/α-hetero) is 1. The zero-order valence-electron chi connectivity index (χ0n) is 20.4. The summed E-state index contributed by atoms with van der Waals surface area (Å²) in [5.74, 6) is -2.19. The second-order valence-corrected chi connectivity index (χ2v) is 8.57. The first kappa shape index (κ1) is 24.7. The van der Waals surface area contributed by atoms with E-state index in [4.69, 9.17) is 9.47 Å². The predicted octanol–water partition coefficient (Wildman–Crippen LogP) is 5.43. The van der Waals surface area contributed by atoms with E-state index in [9.17, 15) is 19.1 Å². The molecular formula is C30H23FN2O5. The van der Waals surface area contributed by atoms with Crippen molar-refractivity contribution in [2.75, 3.05) is 12.0 Å². The molecule has 1 aromatic heterocycles. The summed E-state index contributed by atoms with van der Waals surface area (Å²) >= 11 is 0. The molecule has 0 radical (unpaired) electrons. The summed E-state index contributed by atoms with van der Waals surface area (Å²) < 4.78 is 25.2. The average Bonchev–Trinajstić information content (AvgIpc) is 3.22. The minimum atomic E-state index is -1.01. The van der Waals surface area contributed by atoms with E-state index in [1.165, 1.54) is 30.3 Å². The number of benzene rings is 3. The molecule has 3 aromatic carbocycles. The lowest BCUT2D eigenvalue weighted by Gasteiger charge is -2.25. The first-order valence-electron chi connectivity index (χ1n) is 11.8. The molecule has 1 N–H and O–H groups in total. The zero-order valence-corrected chi connectivity index (χ0v) is 20.4. The maximum Gasteiger partial charge on any atom is 0.300 e. The number of hydrogen-bond donors (Lipinski definition) is 1. The molecule has 38 heavy (non-hydrogen) atoms. The number of rotatable bonds is 7. The van der Waals surface area contributed by atoms with Crippen LogP contribution in [0.15, 0.2) is 103 Å². The molecule has 1 unspecified atom stereocenters. The highest BCUT2D eigenvalue weighted by Crippen LogP contribution is 2.43. The molecule has 0 saturated carbocycles. The topological polar surface area (TPSA) is 89.0 Å². The van der Waals surface area contributed by atoms with E-state index in [0.29, 0.717) is 23.6 Å². The van der Waals surface area contributed by atoms with Crippen molar-refractivity contribution in [3.05, 3.63) is 125 Å². The maximum absolute atomic E-state index is 14.1. The number of ether oxygens (including phenoxy) is 2. The number of carbonyl (C=O) groups excluding carboxylic acids is 2. The number of aliphatic hydroxyl groups is 1. The molecule has 2 heterocycles. The SMILES string of the molecule is COc1ccc(F)cc1/C(O)=C1\C(=O)C(=O)N(c2ccc(OCc3ccccc3)cc2)C1c1cccnc1. The highest BCUT2D eigenvalue weighted by atomic mass is 19.1. The van der Waals surface area contributed by atoms with Gasteiger partial charge in [0.25, 0.3) is 11.7 Å². The van der Waals surface area contributed by atoms with Gasteiger partial charge < -0.3 is 14.6 Å². The Labute approximate surface area is 218 Å². The molecule has 1 saturated heterocycles. The number of methoxy groups -OCH3 is 1. The summed E-state index contributed by atoms with van der Waals surface area (Å²) in [4.78, 5) is 32.1. The van der Waals surface area contributed by atoms with Gasteiger partial charge in [-0.15, -0.1) is 0 Å². The summed E-state index contributed by atoms with van der Waals surface area (Å²) in [5, 5.41) is 11.3. The fourth-order valence-corrected chi connectivity index (χ4v) is 4.41. The maximum atomic E-state index is 14.1.